The summed E-state index contributed by atoms with van der Waals surface area (Å²) in [6, 6.07) is 14.2. The first kappa shape index (κ1) is 16.4. The highest BCUT2D eigenvalue weighted by Crippen LogP contribution is 2.18. The average Bonchev–Trinajstić information content (AvgIpc) is 2.47. The monoisotopic (exact) mass is 334 g/mol. The molecule has 0 heterocycles. The zero-order valence-corrected chi connectivity index (χ0v) is 13.3. The summed E-state index contributed by atoms with van der Waals surface area (Å²) in [6.07, 6.45) is 0. The molecule has 0 aliphatic heterocycles. The second kappa shape index (κ2) is 7.87. The molecular formula is C16H15ClN2O2S. The van der Waals surface area contributed by atoms with E-state index in [1.807, 2.05) is 24.3 Å². The second-order valence-corrected chi connectivity index (χ2v) is 6.00. The van der Waals surface area contributed by atoms with Crippen molar-refractivity contribution in [1.29, 1.82) is 0 Å². The van der Waals surface area contributed by atoms with Crippen LogP contribution in [0.15, 0.2) is 48.5 Å². The van der Waals surface area contributed by atoms with E-state index in [9.17, 15) is 9.59 Å². The van der Waals surface area contributed by atoms with Crippen LogP contribution in [0, 0.1) is 0 Å². The van der Waals surface area contributed by atoms with Crippen LogP contribution < -0.4 is 11.1 Å². The zero-order chi connectivity index (χ0) is 15.9. The number of carbonyl (C=O) groups excluding carboxylic acids is 2. The van der Waals surface area contributed by atoms with Crippen LogP contribution in [0.4, 0.5) is 5.69 Å². The maximum atomic E-state index is 11.9. The third kappa shape index (κ3) is 4.79. The van der Waals surface area contributed by atoms with Gasteiger partial charge < -0.3 is 11.1 Å². The molecule has 2 amide bonds. The Morgan fingerprint density at radius 3 is 2.64 bits per heavy atom. The van der Waals surface area contributed by atoms with Gasteiger partial charge in [-0.25, -0.2) is 0 Å². The standard InChI is InChI=1S/C16H15ClN2O2S/c17-12-5-3-4-11(8-12)9-22-10-15(20)19-14-7-2-1-6-13(14)16(18)21/h1-8H,9-10H2,(H2,18,21)(H,19,20). The molecule has 0 aliphatic rings. The van der Waals surface area contributed by atoms with Crippen LogP contribution in [-0.4, -0.2) is 17.6 Å². The van der Waals surface area contributed by atoms with Gasteiger partial charge in [-0.1, -0.05) is 35.9 Å². The van der Waals surface area contributed by atoms with E-state index in [0.717, 1.165) is 5.56 Å². The second-order valence-electron chi connectivity index (χ2n) is 4.58. The Balaban J connectivity index is 1.87. The first-order chi connectivity index (χ1) is 10.6. The van der Waals surface area contributed by atoms with Gasteiger partial charge in [0.1, 0.15) is 0 Å². The number of carbonyl (C=O) groups is 2. The number of amides is 2. The molecule has 0 atom stereocenters. The number of nitrogens with one attached hydrogen (secondary N) is 1. The Morgan fingerprint density at radius 1 is 1.14 bits per heavy atom. The molecule has 2 aromatic rings. The molecule has 6 heteroatoms. The molecule has 114 valence electrons. The van der Waals surface area contributed by atoms with E-state index in [-0.39, 0.29) is 11.7 Å². The summed E-state index contributed by atoms with van der Waals surface area (Å²) in [5.41, 5.74) is 7.07. The van der Waals surface area contributed by atoms with Crippen LogP contribution >= 0.6 is 23.4 Å². The Bertz CT molecular complexity index is 691. The number of hydrogen-bond donors (Lipinski definition) is 2. The number of hydrogen-bond acceptors (Lipinski definition) is 3. The highest BCUT2D eigenvalue weighted by Gasteiger charge is 2.10. The minimum atomic E-state index is -0.567. The smallest absolute Gasteiger partial charge is 0.250 e. The van der Waals surface area contributed by atoms with Gasteiger partial charge in [-0.05, 0) is 29.8 Å². The first-order valence-electron chi connectivity index (χ1n) is 6.57. The van der Waals surface area contributed by atoms with Gasteiger partial charge in [0.05, 0.1) is 17.0 Å². The number of nitrogens with two attached hydrogens (primary N) is 1. The lowest BCUT2D eigenvalue weighted by Gasteiger charge is -2.08. The maximum Gasteiger partial charge on any atom is 0.250 e. The molecule has 3 N–H and O–H groups in total. The third-order valence-corrected chi connectivity index (χ3v) is 4.10. The molecule has 0 saturated carbocycles. The molecule has 0 aromatic heterocycles. The van der Waals surface area contributed by atoms with E-state index >= 15 is 0 Å². The number of halogens is 1. The van der Waals surface area contributed by atoms with E-state index in [2.05, 4.69) is 5.32 Å². The van der Waals surface area contributed by atoms with Crippen molar-refractivity contribution in [3.63, 3.8) is 0 Å². The molecule has 4 nitrogen and oxygen atoms in total. The predicted molar refractivity (Wildman–Crippen MR) is 91.2 cm³/mol. The largest absolute Gasteiger partial charge is 0.366 e. The fraction of sp³-hybridized carbons (Fsp3) is 0.125. The minimum absolute atomic E-state index is 0.180. The lowest BCUT2D eigenvalue weighted by Crippen LogP contribution is -2.19. The van der Waals surface area contributed by atoms with E-state index < -0.39 is 5.91 Å². The summed E-state index contributed by atoms with van der Waals surface area (Å²) in [5, 5.41) is 3.38. The Labute approximate surface area is 138 Å². The zero-order valence-electron chi connectivity index (χ0n) is 11.7. The van der Waals surface area contributed by atoms with Crippen LogP contribution in [-0.2, 0) is 10.5 Å². The minimum Gasteiger partial charge on any atom is -0.366 e. The summed E-state index contributed by atoms with van der Waals surface area (Å²) in [7, 11) is 0. The Morgan fingerprint density at radius 2 is 1.91 bits per heavy atom. The van der Waals surface area contributed by atoms with Crippen LogP contribution in [0.3, 0.4) is 0 Å². The SMILES string of the molecule is NC(=O)c1ccccc1NC(=O)CSCc1cccc(Cl)c1. The molecule has 2 aromatic carbocycles. The molecule has 0 radical (unpaired) electrons. The Kier molecular flexibility index (Phi) is 5.86. The molecule has 0 aliphatic carbocycles. The van der Waals surface area contributed by atoms with E-state index in [1.54, 1.807) is 24.3 Å². The number of rotatable bonds is 6. The van der Waals surface area contributed by atoms with Gasteiger partial charge >= 0.3 is 0 Å². The molecule has 0 saturated heterocycles. The van der Waals surface area contributed by atoms with Crippen molar-refractivity contribution >= 4 is 40.9 Å². The van der Waals surface area contributed by atoms with Crippen molar-refractivity contribution in [2.24, 2.45) is 5.73 Å². The van der Waals surface area contributed by atoms with Gasteiger partial charge in [0, 0.05) is 10.8 Å². The predicted octanol–water partition coefficient (Wildman–Crippen LogP) is 3.31. The lowest BCUT2D eigenvalue weighted by atomic mass is 10.1. The van der Waals surface area contributed by atoms with E-state index in [4.69, 9.17) is 17.3 Å². The first-order valence-corrected chi connectivity index (χ1v) is 8.10. The average molecular weight is 335 g/mol. The molecule has 0 unspecified atom stereocenters. The highest BCUT2D eigenvalue weighted by molar-refractivity contribution is 7.99. The molecule has 22 heavy (non-hydrogen) atoms. The fourth-order valence-electron chi connectivity index (χ4n) is 1.88. The van der Waals surface area contributed by atoms with Crippen LogP contribution in [0.2, 0.25) is 5.02 Å². The highest BCUT2D eigenvalue weighted by atomic mass is 35.5. The van der Waals surface area contributed by atoms with Crippen LogP contribution in [0.1, 0.15) is 15.9 Å². The number of para-hydroxylation sites is 1. The third-order valence-electron chi connectivity index (χ3n) is 2.86. The number of anilines is 1. The summed E-state index contributed by atoms with van der Waals surface area (Å²) in [6.45, 7) is 0. The van der Waals surface area contributed by atoms with Crippen molar-refractivity contribution in [3.8, 4) is 0 Å². The van der Waals surface area contributed by atoms with Gasteiger partial charge in [0.15, 0.2) is 0 Å². The number of thioether (sulfide) groups is 1. The van der Waals surface area contributed by atoms with Crippen molar-refractivity contribution < 1.29 is 9.59 Å². The van der Waals surface area contributed by atoms with Gasteiger partial charge in [-0.3, -0.25) is 9.59 Å². The molecular weight excluding hydrogens is 320 g/mol. The quantitative estimate of drug-likeness (QED) is 0.851. The summed E-state index contributed by atoms with van der Waals surface area (Å²) in [5.74, 6) is 0.216. The van der Waals surface area contributed by atoms with Gasteiger partial charge in [0.2, 0.25) is 5.91 Å². The molecule has 2 rings (SSSR count). The van der Waals surface area contributed by atoms with E-state index in [0.29, 0.717) is 22.0 Å². The van der Waals surface area contributed by atoms with Crippen molar-refractivity contribution in [2.45, 2.75) is 5.75 Å². The van der Waals surface area contributed by atoms with Gasteiger partial charge in [-0.15, -0.1) is 11.8 Å². The summed E-state index contributed by atoms with van der Waals surface area (Å²) in [4.78, 5) is 23.2. The topological polar surface area (TPSA) is 72.2 Å². The maximum absolute atomic E-state index is 11.9. The fourth-order valence-corrected chi connectivity index (χ4v) is 2.87. The normalized spacial score (nSPS) is 10.2. The molecule has 0 bridgehead atoms. The number of benzene rings is 2. The van der Waals surface area contributed by atoms with Crippen LogP contribution in [0.25, 0.3) is 0 Å². The van der Waals surface area contributed by atoms with Crippen molar-refractivity contribution in [1.82, 2.24) is 0 Å². The van der Waals surface area contributed by atoms with Gasteiger partial charge in [-0.2, -0.15) is 0 Å². The number of primary amides is 1. The molecule has 0 fully saturated rings. The lowest BCUT2D eigenvalue weighted by molar-refractivity contribution is -0.113. The summed E-state index contributed by atoms with van der Waals surface area (Å²) < 4.78 is 0. The van der Waals surface area contributed by atoms with Gasteiger partial charge in [0.25, 0.3) is 5.91 Å². The van der Waals surface area contributed by atoms with Crippen molar-refractivity contribution in [2.75, 3.05) is 11.1 Å². The van der Waals surface area contributed by atoms with Crippen LogP contribution in [0.5, 0.6) is 0 Å². The van der Waals surface area contributed by atoms with Crippen molar-refractivity contribution in [3.05, 3.63) is 64.7 Å². The Hall–Kier alpha value is -1.98. The van der Waals surface area contributed by atoms with E-state index in [1.165, 1.54) is 11.8 Å². The molecule has 0 spiro atoms. The summed E-state index contributed by atoms with van der Waals surface area (Å²) >= 11 is 7.38.